The Hall–Kier alpha value is -0.0800. The largest absolute Gasteiger partial charge is 0.378 e. The Morgan fingerprint density at radius 3 is 2.70 bits per heavy atom. The topological polar surface area (TPSA) is 23.5 Å². The van der Waals surface area contributed by atoms with E-state index in [1.54, 1.807) is 0 Å². The van der Waals surface area contributed by atoms with Gasteiger partial charge < -0.3 is 5.11 Å². The number of hydrogen-bond acceptors (Lipinski definition) is 2. The van der Waals surface area contributed by atoms with Crippen LogP contribution in [0.3, 0.4) is 0 Å². The van der Waals surface area contributed by atoms with Gasteiger partial charge in [-0.2, -0.15) is 0 Å². The van der Waals surface area contributed by atoms with Crippen LogP contribution in [-0.2, 0) is 0 Å². The highest BCUT2D eigenvalue weighted by atomic mass is 16.3. The molecule has 57 valence electrons. The number of aliphatic hydroxyl groups is 1. The molecule has 0 aromatic carbocycles. The molecule has 2 nitrogen and oxygen atoms in total. The second-order valence-corrected chi connectivity index (χ2v) is 3.34. The van der Waals surface area contributed by atoms with Crippen molar-refractivity contribution in [3.05, 3.63) is 6.42 Å². The molecule has 0 spiro atoms. The standard InChI is InChI=1S/C8H14NO/c10-8(6-7-2-3-7)9-4-1-5-9/h2,7-8,10H,1,3-6H2. The molecule has 1 radical (unpaired) electrons. The lowest BCUT2D eigenvalue weighted by atomic mass is 10.1. The minimum Gasteiger partial charge on any atom is -0.378 e. The Bertz CT molecular complexity index is 118. The summed E-state index contributed by atoms with van der Waals surface area (Å²) < 4.78 is 0. The maximum absolute atomic E-state index is 9.49. The molecule has 1 saturated heterocycles. The maximum atomic E-state index is 9.49. The van der Waals surface area contributed by atoms with Gasteiger partial charge in [-0.05, 0) is 31.6 Å². The third-order valence-electron chi connectivity index (χ3n) is 2.39. The molecule has 1 saturated carbocycles. The van der Waals surface area contributed by atoms with Gasteiger partial charge in [0.15, 0.2) is 0 Å². The molecule has 2 rings (SSSR count). The minimum absolute atomic E-state index is 0.141. The van der Waals surface area contributed by atoms with Crippen molar-refractivity contribution < 1.29 is 5.11 Å². The van der Waals surface area contributed by atoms with E-state index in [0.29, 0.717) is 0 Å². The van der Waals surface area contributed by atoms with Crippen LogP contribution in [-0.4, -0.2) is 29.3 Å². The van der Waals surface area contributed by atoms with Crippen molar-refractivity contribution in [2.75, 3.05) is 13.1 Å². The Kier molecular flexibility index (Phi) is 1.66. The van der Waals surface area contributed by atoms with Crippen LogP contribution < -0.4 is 0 Å². The molecule has 0 bridgehead atoms. The van der Waals surface area contributed by atoms with Crippen molar-refractivity contribution >= 4 is 0 Å². The predicted octanol–water partition coefficient (Wildman–Crippen LogP) is 0.625. The second-order valence-electron chi connectivity index (χ2n) is 3.34. The lowest BCUT2D eigenvalue weighted by molar-refractivity contribution is -0.0415. The van der Waals surface area contributed by atoms with Gasteiger partial charge in [0.25, 0.3) is 0 Å². The summed E-state index contributed by atoms with van der Waals surface area (Å²) in [7, 11) is 0. The summed E-state index contributed by atoms with van der Waals surface area (Å²) in [5.41, 5.74) is 0. The van der Waals surface area contributed by atoms with Gasteiger partial charge in [-0.15, -0.1) is 0 Å². The molecule has 2 aliphatic rings. The van der Waals surface area contributed by atoms with Crippen LogP contribution in [0.5, 0.6) is 0 Å². The third-order valence-corrected chi connectivity index (χ3v) is 2.39. The van der Waals surface area contributed by atoms with E-state index in [9.17, 15) is 5.11 Å². The summed E-state index contributed by atoms with van der Waals surface area (Å²) in [6.45, 7) is 2.21. The molecule has 2 atom stereocenters. The van der Waals surface area contributed by atoms with Crippen molar-refractivity contribution in [1.29, 1.82) is 0 Å². The van der Waals surface area contributed by atoms with Gasteiger partial charge in [-0.1, -0.05) is 0 Å². The monoisotopic (exact) mass is 140 g/mol. The van der Waals surface area contributed by atoms with Crippen LogP contribution in [0.1, 0.15) is 19.3 Å². The maximum Gasteiger partial charge on any atom is 0.107 e. The predicted molar refractivity (Wildman–Crippen MR) is 39.2 cm³/mol. The highest BCUT2D eigenvalue weighted by molar-refractivity contribution is 4.95. The molecular formula is C8H14NO. The molecule has 10 heavy (non-hydrogen) atoms. The summed E-state index contributed by atoms with van der Waals surface area (Å²) >= 11 is 0. The van der Waals surface area contributed by atoms with Crippen LogP contribution in [0.15, 0.2) is 0 Å². The van der Waals surface area contributed by atoms with Gasteiger partial charge in [-0.3, -0.25) is 4.90 Å². The van der Waals surface area contributed by atoms with Gasteiger partial charge in [0.1, 0.15) is 6.23 Å². The summed E-state index contributed by atoms with van der Waals surface area (Å²) in [6, 6.07) is 0. The Balaban J connectivity index is 1.69. The zero-order chi connectivity index (χ0) is 6.97. The van der Waals surface area contributed by atoms with E-state index in [1.807, 2.05) is 0 Å². The lowest BCUT2D eigenvalue weighted by Gasteiger charge is -2.35. The first-order valence-corrected chi connectivity index (χ1v) is 4.12. The molecule has 1 N–H and O–H groups in total. The summed E-state index contributed by atoms with van der Waals surface area (Å²) in [5, 5.41) is 9.49. The first-order chi connectivity index (χ1) is 4.86. The van der Waals surface area contributed by atoms with Crippen LogP contribution in [0.2, 0.25) is 0 Å². The van der Waals surface area contributed by atoms with Gasteiger partial charge in [0.2, 0.25) is 0 Å². The van der Waals surface area contributed by atoms with Gasteiger partial charge in [-0.25, -0.2) is 0 Å². The number of aliphatic hydroxyl groups excluding tert-OH is 1. The Morgan fingerprint density at radius 1 is 1.60 bits per heavy atom. The van der Waals surface area contributed by atoms with Crippen molar-refractivity contribution in [3.63, 3.8) is 0 Å². The third kappa shape index (κ3) is 1.32. The highest BCUT2D eigenvalue weighted by Gasteiger charge is 2.29. The number of rotatable bonds is 3. The van der Waals surface area contributed by atoms with Gasteiger partial charge >= 0.3 is 0 Å². The van der Waals surface area contributed by atoms with E-state index in [4.69, 9.17) is 0 Å². The average molecular weight is 140 g/mol. The highest BCUT2D eigenvalue weighted by Crippen LogP contribution is 2.33. The van der Waals surface area contributed by atoms with Crippen LogP contribution in [0.25, 0.3) is 0 Å². The number of nitrogens with zero attached hydrogens (tertiary/aromatic N) is 1. The smallest absolute Gasteiger partial charge is 0.107 e. The molecule has 0 aromatic rings. The average Bonchev–Trinajstić information content (AvgIpc) is 2.43. The fraction of sp³-hybridized carbons (Fsp3) is 0.875. The minimum atomic E-state index is -0.141. The summed E-state index contributed by atoms with van der Waals surface area (Å²) in [5.74, 6) is 0.732. The SMILES string of the molecule is OC(CC1[CH]C1)N1CCC1. The van der Waals surface area contributed by atoms with E-state index in [0.717, 1.165) is 25.4 Å². The zero-order valence-electron chi connectivity index (χ0n) is 6.16. The summed E-state index contributed by atoms with van der Waals surface area (Å²) in [6.07, 6.45) is 5.59. The molecular weight excluding hydrogens is 126 g/mol. The first kappa shape index (κ1) is 6.62. The molecule has 1 heterocycles. The molecule has 0 aromatic heterocycles. The molecule has 2 heteroatoms. The van der Waals surface area contributed by atoms with Gasteiger partial charge in [0, 0.05) is 13.1 Å². The molecule has 1 aliphatic carbocycles. The number of likely N-dealkylation sites (tertiary alicyclic amines) is 1. The van der Waals surface area contributed by atoms with Crippen molar-refractivity contribution in [3.8, 4) is 0 Å². The fourth-order valence-electron chi connectivity index (χ4n) is 1.35. The van der Waals surface area contributed by atoms with Crippen LogP contribution in [0, 0.1) is 12.3 Å². The van der Waals surface area contributed by atoms with E-state index in [1.165, 1.54) is 12.8 Å². The van der Waals surface area contributed by atoms with E-state index in [2.05, 4.69) is 11.3 Å². The fourth-order valence-corrected chi connectivity index (χ4v) is 1.35. The van der Waals surface area contributed by atoms with Crippen molar-refractivity contribution in [1.82, 2.24) is 4.90 Å². The van der Waals surface area contributed by atoms with E-state index in [-0.39, 0.29) is 6.23 Å². The quantitative estimate of drug-likeness (QED) is 0.621. The van der Waals surface area contributed by atoms with Crippen LogP contribution in [0.4, 0.5) is 0 Å². The summed E-state index contributed by atoms with van der Waals surface area (Å²) in [4.78, 5) is 2.14. The van der Waals surface area contributed by atoms with Crippen LogP contribution >= 0.6 is 0 Å². The Morgan fingerprint density at radius 2 is 2.30 bits per heavy atom. The van der Waals surface area contributed by atoms with E-state index >= 15 is 0 Å². The van der Waals surface area contributed by atoms with E-state index < -0.39 is 0 Å². The lowest BCUT2D eigenvalue weighted by Crippen LogP contribution is -2.45. The molecule has 0 amide bonds. The number of hydrogen-bond donors (Lipinski definition) is 1. The molecule has 1 aliphatic heterocycles. The molecule has 2 fully saturated rings. The van der Waals surface area contributed by atoms with Crippen molar-refractivity contribution in [2.24, 2.45) is 5.92 Å². The normalized spacial score (nSPS) is 29.7. The van der Waals surface area contributed by atoms with Crippen molar-refractivity contribution in [2.45, 2.75) is 25.5 Å². The molecule has 2 unspecified atom stereocenters. The zero-order valence-corrected chi connectivity index (χ0v) is 6.16. The first-order valence-electron chi connectivity index (χ1n) is 4.12. The Labute approximate surface area is 61.8 Å². The second kappa shape index (κ2) is 2.51. The van der Waals surface area contributed by atoms with Gasteiger partial charge in [0.05, 0.1) is 0 Å².